The van der Waals surface area contributed by atoms with Crippen molar-refractivity contribution in [2.24, 2.45) is 0 Å². The van der Waals surface area contributed by atoms with Gasteiger partial charge in [0.25, 0.3) is 11.8 Å². The van der Waals surface area contributed by atoms with E-state index in [1.807, 2.05) is 30.3 Å². The summed E-state index contributed by atoms with van der Waals surface area (Å²) in [5.74, 6) is -1.23. The molecular formula is C19H18N4O3S. The number of nitrogens with one attached hydrogen (secondary N) is 3. The van der Waals surface area contributed by atoms with Gasteiger partial charge in [-0.05, 0) is 43.4 Å². The zero-order chi connectivity index (χ0) is 19.4. The Labute approximate surface area is 161 Å². The molecule has 0 saturated heterocycles. The maximum absolute atomic E-state index is 12.4. The molecule has 1 aliphatic rings. The molecule has 0 saturated carbocycles. The van der Waals surface area contributed by atoms with Gasteiger partial charge in [-0.3, -0.25) is 24.7 Å². The number of carbonyl (C=O) groups excluding carboxylic acids is 3. The molecule has 0 radical (unpaired) electrons. The van der Waals surface area contributed by atoms with Crippen molar-refractivity contribution in [2.75, 3.05) is 11.9 Å². The van der Waals surface area contributed by atoms with Gasteiger partial charge >= 0.3 is 0 Å². The predicted octanol–water partition coefficient (Wildman–Crippen LogP) is 1.73. The van der Waals surface area contributed by atoms with Crippen LogP contribution in [0.2, 0.25) is 0 Å². The minimum Gasteiger partial charge on any atom is -0.332 e. The maximum Gasteiger partial charge on any atom is 0.262 e. The first-order valence-corrected chi connectivity index (χ1v) is 8.74. The van der Waals surface area contributed by atoms with E-state index < -0.39 is 17.9 Å². The highest BCUT2D eigenvalue weighted by atomic mass is 32.1. The zero-order valence-corrected chi connectivity index (χ0v) is 15.4. The van der Waals surface area contributed by atoms with E-state index in [0.29, 0.717) is 16.2 Å². The Balaban J connectivity index is 1.52. The van der Waals surface area contributed by atoms with Crippen molar-refractivity contribution >= 4 is 40.6 Å². The first kappa shape index (κ1) is 18.7. The molecule has 3 rings (SSSR count). The average Bonchev–Trinajstić information content (AvgIpc) is 2.93. The minimum absolute atomic E-state index is 0.106. The molecule has 138 valence electrons. The van der Waals surface area contributed by atoms with E-state index in [0.717, 1.165) is 10.6 Å². The number of para-hydroxylation sites is 1. The number of hydrogen-bond acceptors (Lipinski definition) is 5. The number of amides is 2. The number of Topliss-reactive ketones (excluding diaryl/α,β-unsaturated/α-hetero) is 1. The fraction of sp³-hybridized carbons (Fsp3) is 0.158. The van der Waals surface area contributed by atoms with Crippen LogP contribution in [-0.2, 0) is 4.79 Å². The van der Waals surface area contributed by atoms with Crippen LogP contribution in [0, 0.1) is 0 Å². The predicted molar refractivity (Wildman–Crippen MR) is 105 cm³/mol. The van der Waals surface area contributed by atoms with Gasteiger partial charge in [-0.1, -0.05) is 30.3 Å². The van der Waals surface area contributed by atoms with Crippen molar-refractivity contribution in [3.63, 3.8) is 0 Å². The molecule has 0 spiro atoms. The molecule has 3 N–H and O–H groups in total. The van der Waals surface area contributed by atoms with Crippen LogP contribution in [0.15, 0.2) is 54.6 Å². The van der Waals surface area contributed by atoms with Crippen LogP contribution in [0.25, 0.3) is 0 Å². The van der Waals surface area contributed by atoms with Gasteiger partial charge in [0.2, 0.25) is 0 Å². The molecule has 2 aromatic rings. The van der Waals surface area contributed by atoms with E-state index in [1.165, 1.54) is 6.92 Å². The van der Waals surface area contributed by atoms with Gasteiger partial charge in [-0.25, -0.2) is 5.43 Å². The van der Waals surface area contributed by atoms with E-state index in [4.69, 9.17) is 12.2 Å². The van der Waals surface area contributed by atoms with Crippen LogP contribution < -0.4 is 16.2 Å². The molecule has 8 heteroatoms. The van der Waals surface area contributed by atoms with Crippen molar-refractivity contribution in [2.45, 2.75) is 13.0 Å². The number of anilines is 1. The van der Waals surface area contributed by atoms with E-state index in [-0.39, 0.29) is 12.3 Å². The summed E-state index contributed by atoms with van der Waals surface area (Å²) in [7, 11) is 0. The lowest BCUT2D eigenvalue weighted by atomic mass is 10.1. The number of nitrogens with zero attached hydrogens (tertiary/aromatic N) is 1. The standard InChI is InChI=1S/C19H18N4O3S/c1-12(23-17(25)14-9-5-6-10-15(14)18(23)26)16(24)11-20-22-19(27)21-13-7-3-2-4-8-13/h2-10,12,20H,11H2,1H3,(H2,21,22,27). The molecule has 27 heavy (non-hydrogen) atoms. The Morgan fingerprint density at radius 3 is 2.15 bits per heavy atom. The highest BCUT2D eigenvalue weighted by Gasteiger charge is 2.40. The van der Waals surface area contributed by atoms with E-state index in [1.54, 1.807) is 24.3 Å². The van der Waals surface area contributed by atoms with Crippen molar-refractivity contribution in [3.8, 4) is 0 Å². The highest BCUT2D eigenvalue weighted by molar-refractivity contribution is 7.80. The number of rotatable bonds is 6. The molecule has 0 aliphatic carbocycles. The number of thiocarbonyl (C=S) groups is 1. The number of ketones is 1. The lowest BCUT2D eigenvalue weighted by Gasteiger charge is -2.21. The second-order valence-electron chi connectivity index (χ2n) is 5.97. The van der Waals surface area contributed by atoms with Crippen LogP contribution in [0.1, 0.15) is 27.6 Å². The third kappa shape index (κ3) is 4.02. The Morgan fingerprint density at radius 2 is 1.56 bits per heavy atom. The van der Waals surface area contributed by atoms with Gasteiger partial charge in [0.15, 0.2) is 10.9 Å². The second kappa shape index (κ2) is 8.07. The minimum atomic E-state index is -0.887. The quantitative estimate of drug-likeness (QED) is 0.398. The third-order valence-corrected chi connectivity index (χ3v) is 4.38. The third-order valence-electron chi connectivity index (χ3n) is 4.17. The Kier molecular flexibility index (Phi) is 5.58. The smallest absolute Gasteiger partial charge is 0.262 e. The number of carbonyl (C=O) groups is 3. The van der Waals surface area contributed by atoms with Crippen molar-refractivity contribution in [1.29, 1.82) is 0 Å². The lowest BCUT2D eigenvalue weighted by Crippen LogP contribution is -2.49. The normalized spacial score (nSPS) is 13.9. The topological polar surface area (TPSA) is 90.5 Å². The molecular weight excluding hydrogens is 364 g/mol. The number of hydrazine groups is 1. The molecule has 1 aliphatic heterocycles. The van der Waals surface area contributed by atoms with Crippen molar-refractivity contribution in [3.05, 3.63) is 65.7 Å². The van der Waals surface area contributed by atoms with Crippen LogP contribution in [-0.4, -0.2) is 40.2 Å². The number of benzene rings is 2. The van der Waals surface area contributed by atoms with E-state index >= 15 is 0 Å². The fourth-order valence-electron chi connectivity index (χ4n) is 2.75. The van der Waals surface area contributed by atoms with Gasteiger partial charge in [0.05, 0.1) is 23.7 Å². The summed E-state index contributed by atoms with van der Waals surface area (Å²) in [4.78, 5) is 38.2. The summed E-state index contributed by atoms with van der Waals surface area (Å²) in [6, 6.07) is 15.0. The number of fused-ring (bicyclic) bond motifs is 1. The summed E-state index contributed by atoms with van der Waals surface area (Å²) < 4.78 is 0. The van der Waals surface area contributed by atoms with Crippen LogP contribution in [0.4, 0.5) is 5.69 Å². The summed E-state index contributed by atoms with van der Waals surface area (Å²) in [6.45, 7) is 1.43. The van der Waals surface area contributed by atoms with E-state index in [9.17, 15) is 14.4 Å². The summed E-state index contributed by atoms with van der Waals surface area (Å²) >= 11 is 5.13. The molecule has 1 atom stereocenters. The van der Waals surface area contributed by atoms with Crippen LogP contribution >= 0.6 is 12.2 Å². The molecule has 2 aromatic carbocycles. The fourth-order valence-corrected chi connectivity index (χ4v) is 2.94. The van der Waals surface area contributed by atoms with Crippen LogP contribution in [0.3, 0.4) is 0 Å². The molecule has 1 heterocycles. The highest BCUT2D eigenvalue weighted by Crippen LogP contribution is 2.24. The average molecular weight is 382 g/mol. The Bertz CT molecular complexity index is 866. The largest absolute Gasteiger partial charge is 0.332 e. The Morgan fingerprint density at radius 1 is 1.00 bits per heavy atom. The van der Waals surface area contributed by atoms with Gasteiger partial charge in [0.1, 0.15) is 0 Å². The maximum atomic E-state index is 12.4. The van der Waals surface area contributed by atoms with Gasteiger partial charge < -0.3 is 5.32 Å². The molecule has 7 nitrogen and oxygen atoms in total. The molecule has 0 aromatic heterocycles. The summed E-state index contributed by atoms with van der Waals surface area (Å²) in [5.41, 5.74) is 6.87. The SMILES string of the molecule is CC(C(=O)CNNC(=S)Nc1ccccc1)N1C(=O)c2ccccc2C1=O. The van der Waals surface area contributed by atoms with E-state index in [2.05, 4.69) is 16.2 Å². The second-order valence-corrected chi connectivity index (χ2v) is 6.38. The lowest BCUT2D eigenvalue weighted by molar-refractivity contribution is -0.121. The van der Waals surface area contributed by atoms with Crippen LogP contribution in [0.5, 0.6) is 0 Å². The summed E-state index contributed by atoms with van der Waals surface area (Å²) in [6.07, 6.45) is 0. The number of imide groups is 1. The molecule has 2 amide bonds. The van der Waals surface area contributed by atoms with Crippen molar-refractivity contribution < 1.29 is 14.4 Å². The van der Waals surface area contributed by atoms with Gasteiger partial charge in [-0.2, -0.15) is 0 Å². The van der Waals surface area contributed by atoms with Gasteiger partial charge in [-0.15, -0.1) is 0 Å². The number of hydrogen-bond donors (Lipinski definition) is 3. The molecule has 0 bridgehead atoms. The van der Waals surface area contributed by atoms with Gasteiger partial charge in [0, 0.05) is 5.69 Å². The zero-order valence-electron chi connectivity index (χ0n) is 14.6. The Hall–Kier alpha value is -3.10. The first-order valence-electron chi connectivity index (χ1n) is 8.33. The van der Waals surface area contributed by atoms with Crippen molar-refractivity contribution in [1.82, 2.24) is 15.8 Å². The molecule has 1 unspecified atom stereocenters. The molecule has 0 fully saturated rings. The first-order chi connectivity index (χ1) is 13.0. The summed E-state index contributed by atoms with van der Waals surface area (Å²) in [5, 5.41) is 3.25. The monoisotopic (exact) mass is 382 g/mol.